The first kappa shape index (κ1) is 20.5. The summed E-state index contributed by atoms with van der Waals surface area (Å²) in [5.41, 5.74) is 0. The molecule has 1 N–H and O–H groups in total. The fourth-order valence-electron chi connectivity index (χ4n) is 3.32. The van der Waals surface area contributed by atoms with Crippen molar-refractivity contribution in [3.05, 3.63) is 0 Å². The second kappa shape index (κ2) is 13.8. The van der Waals surface area contributed by atoms with E-state index in [1.165, 1.54) is 83.5 Å². The number of rotatable bonds is 17. The molecule has 0 unspecified atom stereocenters. The molecule has 1 fully saturated rings. The van der Waals surface area contributed by atoms with E-state index in [9.17, 15) is 4.79 Å². The van der Waals surface area contributed by atoms with Crippen molar-refractivity contribution in [1.29, 1.82) is 0 Å². The zero-order valence-corrected chi connectivity index (χ0v) is 15.2. The molecule has 0 aromatic rings. The summed E-state index contributed by atoms with van der Waals surface area (Å²) < 4.78 is 5.73. The fraction of sp³-hybridized carbons (Fsp3) is 0.950. The van der Waals surface area contributed by atoms with E-state index >= 15 is 0 Å². The predicted molar refractivity (Wildman–Crippen MR) is 95.8 cm³/mol. The van der Waals surface area contributed by atoms with Crippen molar-refractivity contribution in [1.82, 2.24) is 0 Å². The van der Waals surface area contributed by atoms with Crippen molar-refractivity contribution >= 4 is 5.97 Å². The number of ether oxygens (including phenoxy) is 1. The molecule has 23 heavy (non-hydrogen) atoms. The fourth-order valence-corrected chi connectivity index (χ4v) is 3.32. The zero-order valence-electron chi connectivity index (χ0n) is 15.2. The number of hydrogen-bond donors (Lipinski definition) is 1. The number of aliphatic carboxylic acids is 1. The third-order valence-corrected chi connectivity index (χ3v) is 4.91. The molecule has 136 valence electrons. The standard InChI is InChI=1S/C20H38O3/c1-2-3-12-15-18-19(23-18)16-13-10-8-6-4-5-7-9-11-14-17-20(21)22/h18-19H,2-17H2,1H3,(H,21,22)/t18-,19+/m0/s1. The van der Waals surface area contributed by atoms with Crippen LogP contribution in [0.3, 0.4) is 0 Å². The van der Waals surface area contributed by atoms with E-state index in [2.05, 4.69) is 6.92 Å². The molecule has 0 aromatic carbocycles. The van der Waals surface area contributed by atoms with Gasteiger partial charge in [0.2, 0.25) is 0 Å². The molecule has 1 heterocycles. The third kappa shape index (κ3) is 12.5. The lowest BCUT2D eigenvalue weighted by atomic mass is 10.0. The van der Waals surface area contributed by atoms with E-state index in [1.54, 1.807) is 0 Å². The molecule has 0 amide bonds. The highest BCUT2D eigenvalue weighted by molar-refractivity contribution is 5.66. The maximum Gasteiger partial charge on any atom is 0.303 e. The Morgan fingerprint density at radius 2 is 1.17 bits per heavy atom. The van der Waals surface area contributed by atoms with Crippen molar-refractivity contribution in [3.8, 4) is 0 Å². The molecule has 3 nitrogen and oxygen atoms in total. The van der Waals surface area contributed by atoms with Gasteiger partial charge in [-0.05, 0) is 19.3 Å². The van der Waals surface area contributed by atoms with Gasteiger partial charge in [-0.1, -0.05) is 84.0 Å². The van der Waals surface area contributed by atoms with Gasteiger partial charge in [0.25, 0.3) is 0 Å². The second-order valence-corrected chi connectivity index (χ2v) is 7.18. The van der Waals surface area contributed by atoms with Crippen LogP contribution in [-0.4, -0.2) is 23.3 Å². The summed E-state index contributed by atoms with van der Waals surface area (Å²) >= 11 is 0. The van der Waals surface area contributed by atoms with Gasteiger partial charge in [0.05, 0.1) is 12.2 Å². The highest BCUT2D eigenvalue weighted by Crippen LogP contribution is 2.31. The van der Waals surface area contributed by atoms with Crippen LogP contribution in [0.25, 0.3) is 0 Å². The average Bonchev–Trinajstić information content (AvgIpc) is 3.27. The second-order valence-electron chi connectivity index (χ2n) is 7.18. The Bertz CT molecular complexity index is 291. The van der Waals surface area contributed by atoms with E-state index in [-0.39, 0.29) is 0 Å². The van der Waals surface area contributed by atoms with Gasteiger partial charge in [-0.15, -0.1) is 0 Å². The molecule has 1 aliphatic heterocycles. The number of unbranched alkanes of at least 4 members (excludes halogenated alkanes) is 11. The van der Waals surface area contributed by atoms with Crippen LogP contribution in [0.15, 0.2) is 0 Å². The topological polar surface area (TPSA) is 49.8 Å². The van der Waals surface area contributed by atoms with E-state index in [0.29, 0.717) is 18.6 Å². The van der Waals surface area contributed by atoms with Crippen molar-refractivity contribution in [2.24, 2.45) is 0 Å². The minimum atomic E-state index is -0.658. The monoisotopic (exact) mass is 326 g/mol. The number of carboxylic acids is 1. The van der Waals surface area contributed by atoms with E-state index in [4.69, 9.17) is 9.84 Å². The first-order valence-electron chi connectivity index (χ1n) is 10.1. The third-order valence-electron chi connectivity index (χ3n) is 4.91. The minimum absolute atomic E-state index is 0.337. The van der Waals surface area contributed by atoms with E-state index in [0.717, 1.165) is 12.8 Å². The van der Waals surface area contributed by atoms with Crippen molar-refractivity contribution in [2.75, 3.05) is 0 Å². The molecular weight excluding hydrogens is 288 g/mol. The van der Waals surface area contributed by atoms with Gasteiger partial charge in [0, 0.05) is 6.42 Å². The molecule has 0 saturated carbocycles. The molecule has 1 saturated heterocycles. The summed E-state index contributed by atoms with van der Waals surface area (Å²) in [4.78, 5) is 10.4. The summed E-state index contributed by atoms with van der Waals surface area (Å²) in [5.74, 6) is -0.658. The highest BCUT2D eigenvalue weighted by atomic mass is 16.6. The summed E-state index contributed by atoms with van der Waals surface area (Å²) in [6.45, 7) is 2.25. The summed E-state index contributed by atoms with van der Waals surface area (Å²) in [6, 6.07) is 0. The normalized spacial score (nSPS) is 19.9. The Kier molecular flexibility index (Phi) is 12.3. The van der Waals surface area contributed by atoms with Crippen LogP contribution in [0.2, 0.25) is 0 Å². The van der Waals surface area contributed by atoms with E-state index in [1.807, 2.05) is 0 Å². The van der Waals surface area contributed by atoms with Crippen molar-refractivity contribution in [3.63, 3.8) is 0 Å². The van der Waals surface area contributed by atoms with Gasteiger partial charge in [-0.25, -0.2) is 0 Å². The van der Waals surface area contributed by atoms with E-state index < -0.39 is 5.97 Å². The van der Waals surface area contributed by atoms with Gasteiger partial charge in [-0.2, -0.15) is 0 Å². The first-order valence-corrected chi connectivity index (χ1v) is 10.1. The Morgan fingerprint density at radius 3 is 1.65 bits per heavy atom. The highest BCUT2D eigenvalue weighted by Gasteiger charge is 2.36. The lowest BCUT2D eigenvalue weighted by molar-refractivity contribution is -0.137. The summed E-state index contributed by atoms with van der Waals surface area (Å²) in [5, 5.41) is 8.55. The molecule has 0 aliphatic carbocycles. The van der Waals surface area contributed by atoms with Crippen LogP contribution in [0.1, 0.15) is 110 Å². The number of hydrogen-bond acceptors (Lipinski definition) is 2. The molecule has 2 atom stereocenters. The lowest BCUT2D eigenvalue weighted by Crippen LogP contribution is -1.94. The molecule has 0 aromatic heterocycles. The molecule has 1 aliphatic rings. The SMILES string of the molecule is CCCCC[C@@H]1O[C@@H]1CCCCCCCCCCCCC(=O)O. The first-order chi connectivity index (χ1) is 11.2. The Labute approximate surface area is 143 Å². The zero-order chi connectivity index (χ0) is 16.8. The predicted octanol–water partition coefficient (Wildman–Crippen LogP) is 6.10. The van der Waals surface area contributed by atoms with Gasteiger partial charge < -0.3 is 9.84 Å². The minimum Gasteiger partial charge on any atom is -0.481 e. The molecule has 0 spiro atoms. The molecule has 0 bridgehead atoms. The van der Waals surface area contributed by atoms with Crippen LogP contribution < -0.4 is 0 Å². The largest absolute Gasteiger partial charge is 0.481 e. The van der Waals surface area contributed by atoms with Gasteiger partial charge in [-0.3, -0.25) is 4.79 Å². The quantitative estimate of drug-likeness (QED) is 0.259. The Hall–Kier alpha value is -0.570. The smallest absolute Gasteiger partial charge is 0.303 e. The van der Waals surface area contributed by atoms with Crippen LogP contribution in [0.5, 0.6) is 0 Å². The van der Waals surface area contributed by atoms with Gasteiger partial charge >= 0.3 is 5.97 Å². The molecule has 3 heteroatoms. The van der Waals surface area contributed by atoms with Crippen LogP contribution in [-0.2, 0) is 9.53 Å². The number of epoxide rings is 1. The Balaban J connectivity index is 1.70. The maximum absolute atomic E-state index is 10.4. The molecular formula is C20H38O3. The average molecular weight is 327 g/mol. The van der Waals surface area contributed by atoms with Crippen LogP contribution in [0.4, 0.5) is 0 Å². The van der Waals surface area contributed by atoms with Crippen LogP contribution >= 0.6 is 0 Å². The van der Waals surface area contributed by atoms with Crippen molar-refractivity contribution < 1.29 is 14.6 Å². The lowest BCUT2D eigenvalue weighted by Gasteiger charge is -2.02. The maximum atomic E-state index is 10.4. The molecule has 1 rings (SSSR count). The summed E-state index contributed by atoms with van der Waals surface area (Å²) in [6.07, 6.45) is 20.6. The van der Waals surface area contributed by atoms with Crippen LogP contribution in [0, 0.1) is 0 Å². The van der Waals surface area contributed by atoms with Gasteiger partial charge in [0.1, 0.15) is 0 Å². The van der Waals surface area contributed by atoms with Crippen molar-refractivity contribution in [2.45, 2.75) is 122 Å². The Morgan fingerprint density at radius 1 is 0.739 bits per heavy atom. The number of carbonyl (C=O) groups is 1. The summed E-state index contributed by atoms with van der Waals surface area (Å²) in [7, 11) is 0. The molecule has 0 radical (unpaired) electrons. The van der Waals surface area contributed by atoms with Gasteiger partial charge in [0.15, 0.2) is 0 Å². The number of carboxylic acid groups (broad SMARTS) is 1.